The van der Waals surface area contributed by atoms with Gasteiger partial charge in [0.15, 0.2) is 17.4 Å². The van der Waals surface area contributed by atoms with Crippen molar-refractivity contribution in [1.82, 2.24) is 19.9 Å². The molecule has 0 unspecified atom stereocenters. The first-order valence-corrected chi connectivity index (χ1v) is 10.6. The summed E-state index contributed by atoms with van der Waals surface area (Å²) in [4.78, 5) is 18.9. The van der Waals surface area contributed by atoms with Gasteiger partial charge in [-0.05, 0) is 48.4 Å². The number of methoxy groups -OCH3 is 1. The molecule has 4 rings (SSSR count). The van der Waals surface area contributed by atoms with Gasteiger partial charge in [-0.3, -0.25) is 0 Å². The molecule has 168 valence electrons. The fraction of sp³-hybridized carbons (Fsp3) is 0.391. The van der Waals surface area contributed by atoms with Gasteiger partial charge in [0.05, 0.1) is 13.7 Å². The average molecular weight is 441 g/mol. The highest BCUT2D eigenvalue weighted by molar-refractivity contribution is 5.63. The molecular weight excluding hydrogens is 416 g/mol. The molecule has 1 aliphatic heterocycles. The van der Waals surface area contributed by atoms with Gasteiger partial charge in [0.2, 0.25) is 5.95 Å². The summed E-state index contributed by atoms with van der Waals surface area (Å²) < 4.78 is 39.6. The summed E-state index contributed by atoms with van der Waals surface area (Å²) in [5.41, 5.74) is 1.92. The number of hydrogen-bond acceptors (Lipinski definition) is 7. The second-order valence-electron chi connectivity index (χ2n) is 7.71. The Morgan fingerprint density at radius 3 is 2.12 bits per heavy atom. The first kappa shape index (κ1) is 21.9. The van der Waals surface area contributed by atoms with Crippen molar-refractivity contribution in [3.63, 3.8) is 0 Å². The second-order valence-corrected chi connectivity index (χ2v) is 7.71. The van der Waals surface area contributed by atoms with Crippen LogP contribution in [0.25, 0.3) is 11.1 Å². The zero-order valence-electron chi connectivity index (χ0n) is 18.1. The fourth-order valence-electron chi connectivity index (χ4n) is 3.63. The number of aryl methyl sites for hydroxylation is 1. The van der Waals surface area contributed by atoms with Crippen molar-refractivity contribution in [1.29, 1.82) is 0 Å². The van der Waals surface area contributed by atoms with Crippen LogP contribution in [0.3, 0.4) is 0 Å². The van der Waals surface area contributed by atoms with Crippen molar-refractivity contribution in [2.45, 2.75) is 26.2 Å². The SMILES string of the molecule is CCc1cnc(N2CCC(COc3c(F)cc(-c4cnc(OC)nc4)cc3F)CC2)nc1. The lowest BCUT2D eigenvalue weighted by atomic mass is 9.98. The van der Waals surface area contributed by atoms with Gasteiger partial charge in [0.25, 0.3) is 0 Å². The van der Waals surface area contributed by atoms with Crippen LogP contribution in [0.1, 0.15) is 25.3 Å². The molecule has 0 N–H and O–H groups in total. The largest absolute Gasteiger partial charge is 0.487 e. The third kappa shape index (κ3) is 4.92. The second kappa shape index (κ2) is 9.84. The fourth-order valence-corrected chi connectivity index (χ4v) is 3.63. The van der Waals surface area contributed by atoms with Crippen LogP contribution in [0.2, 0.25) is 0 Å². The van der Waals surface area contributed by atoms with Crippen molar-refractivity contribution >= 4 is 5.95 Å². The number of anilines is 1. The first-order chi connectivity index (χ1) is 15.6. The lowest BCUT2D eigenvalue weighted by Gasteiger charge is -2.31. The summed E-state index contributed by atoms with van der Waals surface area (Å²) in [6.45, 7) is 3.88. The molecule has 0 atom stereocenters. The number of piperidine rings is 1. The quantitative estimate of drug-likeness (QED) is 0.547. The zero-order chi connectivity index (χ0) is 22.5. The molecule has 1 aliphatic rings. The van der Waals surface area contributed by atoms with Crippen LogP contribution in [0, 0.1) is 17.6 Å². The molecule has 1 fully saturated rings. The Morgan fingerprint density at radius 1 is 0.938 bits per heavy atom. The van der Waals surface area contributed by atoms with Crippen molar-refractivity contribution < 1.29 is 18.3 Å². The number of nitrogens with zero attached hydrogens (tertiary/aromatic N) is 5. The molecule has 1 aromatic carbocycles. The summed E-state index contributed by atoms with van der Waals surface area (Å²) in [6, 6.07) is 2.64. The molecule has 0 radical (unpaired) electrons. The van der Waals surface area contributed by atoms with Gasteiger partial charge in [0, 0.05) is 43.4 Å². The molecule has 0 saturated carbocycles. The van der Waals surface area contributed by atoms with E-state index >= 15 is 0 Å². The van der Waals surface area contributed by atoms with E-state index < -0.39 is 11.6 Å². The summed E-state index contributed by atoms with van der Waals surface area (Å²) in [5.74, 6) is -0.939. The van der Waals surface area contributed by atoms with Gasteiger partial charge < -0.3 is 14.4 Å². The highest BCUT2D eigenvalue weighted by atomic mass is 19.1. The minimum Gasteiger partial charge on any atom is -0.487 e. The molecule has 7 nitrogen and oxygen atoms in total. The summed E-state index contributed by atoms with van der Waals surface area (Å²) in [7, 11) is 1.45. The Bertz CT molecular complexity index is 1020. The normalized spacial score (nSPS) is 14.4. The van der Waals surface area contributed by atoms with E-state index in [1.54, 1.807) is 0 Å². The van der Waals surface area contributed by atoms with Gasteiger partial charge in [-0.1, -0.05) is 6.92 Å². The Labute approximate surface area is 185 Å². The average Bonchev–Trinajstić information content (AvgIpc) is 2.84. The zero-order valence-corrected chi connectivity index (χ0v) is 18.1. The Hall–Kier alpha value is -3.36. The van der Waals surface area contributed by atoms with E-state index in [1.807, 2.05) is 12.4 Å². The molecule has 9 heteroatoms. The van der Waals surface area contributed by atoms with Crippen molar-refractivity contribution in [2.24, 2.45) is 5.92 Å². The minimum absolute atomic E-state index is 0.185. The first-order valence-electron chi connectivity index (χ1n) is 10.6. The van der Waals surface area contributed by atoms with Gasteiger partial charge in [-0.2, -0.15) is 0 Å². The maximum atomic E-state index is 14.6. The number of halogens is 2. The Balaban J connectivity index is 1.34. The maximum absolute atomic E-state index is 14.6. The lowest BCUT2D eigenvalue weighted by Crippen LogP contribution is -2.36. The highest BCUT2D eigenvalue weighted by Gasteiger charge is 2.23. The molecule has 1 saturated heterocycles. The van der Waals surface area contributed by atoms with Crippen LogP contribution in [0.4, 0.5) is 14.7 Å². The summed E-state index contributed by atoms with van der Waals surface area (Å²) in [5, 5.41) is 0. The smallest absolute Gasteiger partial charge is 0.316 e. The van der Waals surface area contributed by atoms with Gasteiger partial charge in [0.1, 0.15) is 0 Å². The van der Waals surface area contributed by atoms with Gasteiger partial charge in [-0.15, -0.1) is 0 Å². The molecular formula is C23H25F2N5O2. The number of rotatable bonds is 7. The molecule has 32 heavy (non-hydrogen) atoms. The van der Waals surface area contributed by atoms with E-state index in [-0.39, 0.29) is 24.3 Å². The summed E-state index contributed by atoms with van der Waals surface area (Å²) >= 11 is 0. The van der Waals surface area contributed by atoms with Crippen molar-refractivity contribution in [3.8, 4) is 22.9 Å². The monoisotopic (exact) mass is 441 g/mol. The number of ether oxygens (including phenoxy) is 2. The molecule has 0 aliphatic carbocycles. The van der Waals surface area contributed by atoms with E-state index in [4.69, 9.17) is 9.47 Å². The van der Waals surface area contributed by atoms with Crippen LogP contribution in [0.15, 0.2) is 36.9 Å². The van der Waals surface area contributed by atoms with Gasteiger partial charge >= 0.3 is 6.01 Å². The van der Waals surface area contributed by atoms with Crippen molar-refractivity contribution in [2.75, 3.05) is 31.7 Å². The van der Waals surface area contributed by atoms with Crippen LogP contribution < -0.4 is 14.4 Å². The molecule has 0 spiro atoms. The van der Waals surface area contributed by atoms with E-state index in [0.717, 1.165) is 43.9 Å². The van der Waals surface area contributed by atoms with Crippen LogP contribution in [0.5, 0.6) is 11.8 Å². The minimum atomic E-state index is -0.752. The van der Waals surface area contributed by atoms with E-state index in [0.29, 0.717) is 11.1 Å². The van der Waals surface area contributed by atoms with E-state index in [1.165, 1.54) is 31.6 Å². The van der Waals surface area contributed by atoms with E-state index in [9.17, 15) is 8.78 Å². The Kier molecular flexibility index (Phi) is 6.72. The third-order valence-corrected chi connectivity index (χ3v) is 5.60. The van der Waals surface area contributed by atoms with Crippen LogP contribution >= 0.6 is 0 Å². The van der Waals surface area contributed by atoms with Crippen molar-refractivity contribution in [3.05, 3.63) is 54.1 Å². The predicted octanol–water partition coefficient (Wildman–Crippen LogP) is 4.08. The number of aromatic nitrogens is 4. The lowest BCUT2D eigenvalue weighted by molar-refractivity contribution is 0.207. The molecule has 2 aromatic heterocycles. The summed E-state index contributed by atoms with van der Waals surface area (Å²) in [6.07, 6.45) is 9.19. The van der Waals surface area contributed by atoms with E-state index in [2.05, 4.69) is 31.8 Å². The molecule has 0 amide bonds. The standard InChI is InChI=1S/C23H25F2N5O2/c1-3-15-10-26-22(27-11-15)30-6-4-16(5-7-30)14-32-21-19(24)8-17(9-20(21)25)18-12-28-23(31-2)29-13-18/h8-13,16H,3-7,14H2,1-2H3. The molecule has 3 aromatic rings. The highest BCUT2D eigenvalue weighted by Crippen LogP contribution is 2.30. The maximum Gasteiger partial charge on any atom is 0.316 e. The van der Waals surface area contributed by atoms with Crippen LogP contribution in [-0.4, -0.2) is 46.7 Å². The Morgan fingerprint density at radius 2 is 1.56 bits per heavy atom. The van der Waals surface area contributed by atoms with Gasteiger partial charge in [-0.25, -0.2) is 28.7 Å². The number of hydrogen-bond donors (Lipinski definition) is 0. The number of benzene rings is 1. The predicted molar refractivity (Wildman–Crippen MR) is 116 cm³/mol. The molecule has 0 bridgehead atoms. The topological polar surface area (TPSA) is 73.3 Å². The van der Waals surface area contributed by atoms with Crippen LogP contribution in [-0.2, 0) is 6.42 Å². The third-order valence-electron chi connectivity index (χ3n) is 5.60. The molecule has 3 heterocycles.